The van der Waals surface area contributed by atoms with Gasteiger partial charge in [-0.2, -0.15) is 5.26 Å². The molecule has 14 heavy (non-hydrogen) atoms. The molecule has 0 unspecified atom stereocenters. The molecule has 0 atom stereocenters. The maximum atomic E-state index is 8.87. The van der Waals surface area contributed by atoms with Crippen LogP contribution in [0.25, 0.3) is 10.8 Å². The van der Waals surface area contributed by atoms with Crippen molar-refractivity contribution >= 4 is 23.2 Å². The van der Waals surface area contributed by atoms with Crippen molar-refractivity contribution in [2.24, 2.45) is 4.99 Å². The highest BCUT2D eigenvalue weighted by atomic mass is 14.7. The van der Waals surface area contributed by atoms with Crippen LogP contribution in [0.4, 0.5) is 5.69 Å². The Bertz CT molecular complexity index is 536. The van der Waals surface area contributed by atoms with E-state index in [2.05, 4.69) is 17.8 Å². The van der Waals surface area contributed by atoms with Crippen molar-refractivity contribution in [2.45, 2.75) is 0 Å². The third kappa shape index (κ3) is 1.25. The van der Waals surface area contributed by atoms with E-state index in [1.807, 2.05) is 36.4 Å². The summed E-state index contributed by atoms with van der Waals surface area (Å²) in [7, 11) is 0. The van der Waals surface area contributed by atoms with E-state index in [4.69, 9.17) is 5.26 Å². The molecule has 0 aliphatic carbocycles. The first kappa shape index (κ1) is 8.46. The molecule has 0 aliphatic heterocycles. The summed E-state index contributed by atoms with van der Waals surface area (Å²) in [6.45, 7) is 3.45. The molecule has 0 saturated heterocycles. The van der Waals surface area contributed by atoms with E-state index in [1.54, 1.807) is 0 Å². The number of hydrogen-bond donors (Lipinski definition) is 0. The first-order chi connectivity index (χ1) is 6.85. The number of aliphatic imine (C=N–C) groups is 1. The first-order valence-electron chi connectivity index (χ1n) is 4.25. The lowest BCUT2D eigenvalue weighted by Gasteiger charge is -2.00. The van der Waals surface area contributed by atoms with Crippen LogP contribution in [0.3, 0.4) is 0 Å². The van der Waals surface area contributed by atoms with Gasteiger partial charge in [-0.3, -0.25) is 4.99 Å². The Hall–Kier alpha value is -2.14. The maximum absolute atomic E-state index is 8.87. The van der Waals surface area contributed by atoms with Crippen LogP contribution < -0.4 is 0 Å². The average Bonchev–Trinajstić information content (AvgIpc) is 2.27. The summed E-state index contributed by atoms with van der Waals surface area (Å²) in [5, 5.41) is 11.0. The molecular formula is C12H8N2. The molecular weight excluding hydrogens is 172 g/mol. The van der Waals surface area contributed by atoms with Crippen LogP contribution in [-0.4, -0.2) is 6.72 Å². The second kappa shape index (κ2) is 3.31. The molecule has 2 aromatic carbocycles. The van der Waals surface area contributed by atoms with Gasteiger partial charge in [0.2, 0.25) is 0 Å². The van der Waals surface area contributed by atoms with Crippen molar-refractivity contribution in [3.05, 3.63) is 42.0 Å². The summed E-state index contributed by atoms with van der Waals surface area (Å²) in [5.41, 5.74) is 1.21. The SMILES string of the molecule is C=Nc1cc2ccccc2cc1C#N. The van der Waals surface area contributed by atoms with Crippen molar-refractivity contribution < 1.29 is 0 Å². The molecule has 0 amide bonds. The molecule has 0 aromatic heterocycles. The lowest BCUT2D eigenvalue weighted by Crippen LogP contribution is -1.78. The Kier molecular flexibility index (Phi) is 2.00. The normalized spacial score (nSPS) is 9.64. The summed E-state index contributed by atoms with van der Waals surface area (Å²) < 4.78 is 0. The van der Waals surface area contributed by atoms with Gasteiger partial charge >= 0.3 is 0 Å². The quantitative estimate of drug-likeness (QED) is 0.621. The number of benzene rings is 2. The van der Waals surface area contributed by atoms with Crippen LogP contribution in [0.2, 0.25) is 0 Å². The molecule has 0 bridgehead atoms. The Balaban J connectivity index is 2.83. The smallest absolute Gasteiger partial charge is 0.101 e. The minimum atomic E-state index is 0.568. The lowest BCUT2D eigenvalue weighted by molar-refractivity contribution is 1.46. The van der Waals surface area contributed by atoms with E-state index in [0.717, 1.165) is 10.8 Å². The van der Waals surface area contributed by atoms with Gasteiger partial charge in [0.1, 0.15) is 6.07 Å². The summed E-state index contributed by atoms with van der Waals surface area (Å²) in [4.78, 5) is 3.82. The number of nitriles is 1. The van der Waals surface area contributed by atoms with Gasteiger partial charge in [-0.25, -0.2) is 0 Å². The standard InChI is InChI=1S/C12H8N2/c1-14-12-7-10-5-3-2-4-9(10)6-11(12)8-13/h2-7H,1H2. The molecule has 2 rings (SSSR count). The molecule has 2 heteroatoms. The topological polar surface area (TPSA) is 36.1 Å². The fraction of sp³-hybridized carbons (Fsp3) is 0. The highest BCUT2D eigenvalue weighted by molar-refractivity contribution is 5.88. The highest BCUT2D eigenvalue weighted by Crippen LogP contribution is 2.25. The fourth-order valence-electron chi connectivity index (χ4n) is 1.45. The zero-order chi connectivity index (χ0) is 9.97. The zero-order valence-corrected chi connectivity index (χ0v) is 7.57. The molecule has 0 aliphatic rings. The van der Waals surface area contributed by atoms with E-state index in [0.29, 0.717) is 11.3 Å². The first-order valence-corrected chi connectivity index (χ1v) is 4.25. The number of fused-ring (bicyclic) bond motifs is 1. The molecule has 0 heterocycles. The van der Waals surface area contributed by atoms with Gasteiger partial charge in [0.05, 0.1) is 11.3 Å². The lowest BCUT2D eigenvalue weighted by atomic mass is 10.1. The minimum Gasteiger partial charge on any atom is -0.263 e. The number of hydrogen-bond acceptors (Lipinski definition) is 2. The molecule has 0 N–H and O–H groups in total. The van der Waals surface area contributed by atoms with Crippen molar-refractivity contribution in [3.8, 4) is 6.07 Å². The predicted molar refractivity (Wildman–Crippen MR) is 57.9 cm³/mol. The van der Waals surface area contributed by atoms with E-state index in [9.17, 15) is 0 Å². The zero-order valence-electron chi connectivity index (χ0n) is 7.57. The van der Waals surface area contributed by atoms with E-state index >= 15 is 0 Å². The van der Waals surface area contributed by atoms with Crippen LogP contribution in [0.1, 0.15) is 5.56 Å². The summed E-state index contributed by atoms with van der Waals surface area (Å²) in [5.74, 6) is 0. The average molecular weight is 180 g/mol. The fourth-order valence-corrected chi connectivity index (χ4v) is 1.45. The Morgan fingerprint density at radius 1 is 1.14 bits per heavy atom. The van der Waals surface area contributed by atoms with Gasteiger partial charge in [-0.1, -0.05) is 24.3 Å². The van der Waals surface area contributed by atoms with Crippen molar-refractivity contribution in [3.63, 3.8) is 0 Å². The Labute approximate surface area is 82.1 Å². The van der Waals surface area contributed by atoms with E-state index in [-0.39, 0.29) is 0 Å². The molecule has 0 radical (unpaired) electrons. The van der Waals surface area contributed by atoms with Gasteiger partial charge in [-0.05, 0) is 29.6 Å². The second-order valence-corrected chi connectivity index (χ2v) is 2.99. The molecule has 0 spiro atoms. The monoisotopic (exact) mass is 180 g/mol. The van der Waals surface area contributed by atoms with Crippen LogP contribution in [0, 0.1) is 11.3 Å². The van der Waals surface area contributed by atoms with E-state index in [1.165, 1.54) is 0 Å². The third-order valence-corrected chi connectivity index (χ3v) is 2.15. The molecule has 0 fully saturated rings. The van der Waals surface area contributed by atoms with Gasteiger partial charge in [0.15, 0.2) is 0 Å². The molecule has 2 nitrogen and oxygen atoms in total. The second-order valence-electron chi connectivity index (χ2n) is 2.99. The molecule has 0 saturated carbocycles. The van der Waals surface area contributed by atoms with E-state index < -0.39 is 0 Å². The summed E-state index contributed by atoms with van der Waals surface area (Å²) >= 11 is 0. The van der Waals surface area contributed by atoms with Crippen LogP contribution in [0.15, 0.2) is 41.4 Å². The van der Waals surface area contributed by atoms with Gasteiger partial charge in [0.25, 0.3) is 0 Å². The minimum absolute atomic E-state index is 0.568. The third-order valence-electron chi connectivity index (χ3n) is 2.15. The molecule has 2 aromatic rings. The summed E-state index contributed by atoms with van der Waals surface area (Å²) in [6, 6.07) is 13.7. The maximum Gasteiger partial charge on any atom is 0.101 e. The van der Waals surface area contributed by atoms with Gasteiger partial charge in [0, 0.05) is 0 Å². The van der Waals surface area contributed by atoms with Crippen molar-refractivity contribution in [1.29, 1.82) is 5.26 Å². The van der Waals surface area contributed by atoms with Crippen molar-refractivity contribution in [1.82, 2.24) is 0 Å². The number of nitrogens with zero attached hydrogens (tertiary/aromatic N) is 2. The van der Waals surface area contributed by atoms with Crippen LogP contribution in [0.5, 0.6) is 0 Å². The predicted octanol–water partition coefficient (Wildman–Crippen LogP) is 3.04. The largest absolute Gasteiger partial charge is 0.263 e. The highest BCUT2D eigenvalue weighted by Gasteiger charge is 2.01. The van der Waals surface area contributed by atoms with Crippen LogP contribution in [-0.2, 0) is 0 Å². The van der Waals surface area contributed by atoms with Crippen LogP contribution >= 0.6 is 0 Å². The van der Waals surface area contributed by atoms with Crippen molar-refractivity contribution in [2.75, 3.05) is 0 Å². The summed E-state index contributed by atoms with van der Waals surface area (Å²) in [6.07, 6.45) is 0. The number of rotatable bonds is 1. The molecule has 66 valence electrons. The van der Waals surface area contributed by atoms with Gasteiger partial charge in [-0.15, -0.1) is 0 Å². The van der Waals surface area contributed by atoms with Gasteiger partial charge < -0.3 is 0 Å². The Morgan fingerprint density at radius 2 is 1.79 bits per heavy atom. The Morgan fingerprint density at radius 3 is 2.36 bits per heavy atom.